The molecule has 0 radical (unpaired) electrons. The van der Waals surface area contributed by atoms with Crippen LogP contribution in [0.2, 0.25) is 0 Å². The number of nitrogens with zero attached hydrogens (tertiary/aromatic N) is 2. The maximum absolute atomic E-state index is 12.4. The minimum absolute atomic E-state index is 0.241. The van der Waals surface area contributed by atoms with E-state index in [1.54, 1.807) is 16.8 Å². The molecule has 5 nitrogen and oxygen atoms in total. The van der Waals surface area contributed by atoms with Gasteiger partial charge in [0.25, 0.3) is 0 Å². The molecule has 2 heterocycles. The molecule has 2 aromatic carbocycles. The standard InChI is InChI=1S/C22H16N2O3/c25-21-18-10-11-23-12-20(18)24(14-19(21)22(26)27)13-15-6-8-17(9-7-15)16-4-2-1-3-5-16/h1-12,14H,13H2,(H,26,27). The molecule has 0 aliphatic rings. The first kappa shape index (κ1) is 16.7. The van der Waals surface area contributed by atoms with Gasteiger partial charge in [-0.3, -0.25) is 9.78 Å². The third-order valence-corrected chi connectivity index (χ3v) is 4.53. The van der Waals surface area contributed by atoms with Gasteiger partial charge in [-0.25, -0.2) is 4.79 Å². The van der Waals surface area contributed by atoms with Crippen molar-refractivity contribution in [1.29, 1.82) is 0 Å². The summed E-state index contributed by atoms with van der Waals surface area (Å²) < 4.78 is 1.75. The summed E-state index contributed by atoms with van der Waals surface area (Å²) in [7, 11) is 0. The smallest absolute Gasteiger partial charge is 0.341 e. The van der Waals surface area contributed by atoms with E-state index in [9.17, 15) is 14.7 Å². The molecule has 2 aromatic heterocycles. The summed E-state index contributed by atoms with van der Waals surface area (Å²) in [6.07, 6.45) is 4.47. The van der Waals surface area contributed by atoms with Crippen LogP contribution in [0, 0.1) is 0 Å². The molecule has 0 aliphatic carbocycles. The molecule has 0 aliphatic heterocycles. The van der Waals surface area contributed by atoms with E-state index in [0.29, 0.717) is 17.4 Å². The summed E-state index contributed by atoms with van der Waals surface area (Å²) in [6.45, 7) is 0.442. The highest BCUT2D eigenvalue weighted by atomic mass is 16.4. The Hall–Kier alpha value is -3.73. The maximum atomic E-state index is 12.4. The molecular weight excluding hydrogens is 340 g/mol. The van der Waals surface area contributed by atoms with Crippen LogP contribution < -0.4 is 5.43 Å². The molecule has 0 saturated heterocycles. The Kier molecular flexibility index (Phi) is 4.26. The van der Waals surface area contributed by atoms with E-state index < -0.39 is 11.4 Å². The number of fused-ring (bicyclic) bond motifs is 1. The minimum atomic E-state index is -1.23. The fourth-order valence-electron chi connectivity index (χ4n) is 3.15. The summed E-state index contributed by atoms with van der Waals surface area (Å²) in [4.78, 5) is 27.9. The second-order valence-electron chi connectivity index (χ2n) is 6.26. The molecule has 1 N–H and O–H groups in total. The predicted molar refractivity (Wildman–Crippen MR) is 104 cm³/mol. The average Bonchev–Trinajstić information content (AvgIpc) is 2.71. The van der Waals surface area contributed by atoms with Crippen molar-refractivity contribution in [2.24, 2.45) is 0 Å². The van der Waals surface area contributed by atoms with E-state index in [1.807, 2.05) is 42.5 Å². The molecule has 0 unspecified atom stereocenters. The topological polar surface area (TPSA) is 72.2 Å². The Bertz CT molecular complexity index is 1180. The number of hydrogen-bond donors (Lipinski definition) is 1. The lowest BCUT2D eigenvalue weighted by Crippen LogP contribution is -2.19. The van der Waals surface area contributed by atoms with Gasteiger partial charge in [0.05, 0.1) is 11.7 Å². The van der Waals surface area contributed by atoms with E-state index in [0.717, 1.165) is 16.7 Å². The first-order valence-electron chi connectivity index (χ1n) is 8.48. The molecule has 0 fully saturated rings. The Balaban J connectivity index is 1.74. The summed E-state index contributed by atoms with van der Waals surface area (Å²) >= 11 is 0. The second kappa shape index (κ2) is 6.88. The van der Waals surface area contributed by atoms with Crippen molar-refractivity contribution in [3.63, 3.8) is 0 Å². The van der Waals surface area contributed by atoms with Gasteiger partial charge in [0, 0.05) is 24.3 Å². The van der Waals surface area contributed by atoms with Gasteiger partial charge in [0.1, 0.15) is 5.56 Å². The molecule has 4 aromatic rings. The number of carboxylic acid groups (broad SMARTS) is 1. The van der Waals surface area contributed by atoms with Gasteiger partial charge in [-0.05, 0) is 22.8 Å². The zero-order valence-electron chi connectivity index (χ0n) is 14.4. The first-order valence-corrected chi connectivity index (χ1v) is 8.48. The summed E-state index contributed by atoms with van der Waals surface area (Å²) in [5.41, 5.74) is 3.12. The number of aromatic nitrogens is 2. The number of benzene rings is 2. The molecule has 0 bridgehead atoms. The van der Waals surface area contributed by atoms with Crippen LogP contribution >= 0.6 is 0 Å². The number of hydrogen-bond acceptors (Lipinski definition) is 3. The van der Waals surface area contributed by atoms with Crippen molar-refractivity contribution in [3.05, 3.63) is 101 Å². The third kappa shape index (κ3) is 3.22. The van der Waals surface area contributed by atoms with Gasteiger partial charge in [-0.15, -0.1) is 0 Å². The van der Waals surface area contributed by atoms with Crippen LogP contribution in [0.25, 0.3) is 22.0 Å². The molecule has 4 rings (SSSR count). The van der Waals surface area contributed by atoms with Gasteiger partial charge in [0.15, 0.2) is 0 Å². The van der Waals surface area contributed by atoms with Crippen molar-refractivity contribution in [3.8, 4) is 11.1 Å². The van der Waals surface area contributed by atoms with Crippen molar-refractivity contribution < 1.29 is 9.90 Å². The van der Waals surface area contributed by atoms with Gasteiger partial charge >= 0.3 is 5.97 Å². The van der Waals surface area contributed by atoms with Crippen LogP contribution in [0.15, 0.2) is 84.0 Å². The van der Waals surface area contributed by atoms with Crippen molar-refractivity contribution in [2.75, 3.05) is 0 Å². The van der Waals surface area contributed by atoms with Gasteiger partial charge in [-0.1, -0.05) is 54.6 Å². The van der Waals surface area contributed by atoms with Gasteiger partial charge < -0.3 is 9.67 Å². The van der Waals surface area contributed by atoms with E-state index in [4.69, 9.17) is 0 Å². The lowest BCUT2D eigenvalue weighted by Gasteiger charge is -2.12. The largest absolute Gasteiger partial charge is 0.477 e. The van der Waals surface area contributed by atoms with Crippen LogP contribution in [-0.2, 0) is 6.54 Å². The van der Waals surface area contributed by atoms with Crippen LogP contribution in [-0.4, -0.2) is 20.6 Å². The molecular formula is C22H16N2O3. The first-order chi connectivity index (χ1) is 13.1. The average molecular weight is 356 g/mol. The lowest BCUT2D eigenvalue weighted by atomic mass is 10.0. The molecule has 0 amide bonds. The quantitative estimate of drug-likeness (QED) is 0.603. The normalized spacial score (nSPS) is 10.8. The van der Waals surface area contributed by atoms with E-state index in [2.05, 4.69) is 17.1 Å². The number of aromatic carboxylic acids is 1. The number of pyridine rings is 2. The lowest BCUT2D eigenvalue weighted by molar-refractivity contribution is 0.0695. The fraction of sp³-hybridized carbons (Fsp3) is 0.0455. The van der Waals surface area contributed by atoms with Crippen LogP contribution in [0.5, 0.6) is 0 Å². The van der Waals surface area contributed by atoms with Crippen LogP contribution in [0.1, 0.15) is 15.9 Å². The van der Waals surface area contributed by atoms with Gasteiger partial charge in [0.2, 0.25) is 5.43 Å². The van der Waals surface area contributed by atoms with Gasteiger partial charge in [-0.2, -0.15) is 0 Å². The zero-order valence-corrected chi connectivity index (χ0v) is 14.4. The Morgan fingerprint density at radius 2 is 1.67 bits per heavy atom. The number of carbonyl (C=O) groups is 1. The summed E-state index contributed by atoms with van der Waals surface area (Å²) in [5.74, 6) is -1.23. The Morgan fingerprint density at radius 3 is 2.37 bits per heavy atom. The molecule has 5 heteroatoms. The molecule has 132 valence electrons. The minimum Gasteiger partial charge on any atom is -0.477 e. The molecule has 0 atom stereocenters. The van der Waals surface area contributed by atoms with E-state index in [1.165, 1.54) is 12.4 Å². The van der Waals surface area contributed by atoms with Crippen molar-refractivity contribution >= 4 is 16.9 Å². The van der Waals surface area contributed by atoms with Crippen molar-refractivity contribution in [2.45, 2.75) is 6.54 Å². The van der Waals surface area contributed by atoms with E-state index in [-0.39, 0.29) is 5.56 Å². The Labute approximate surface area is 155 Å². The van der Waals surface area contributed by atoms with Crippen LogP contribution in [0.4, 0.5) is 0 Å². The SMILES string of the molecule is O=C(O)c1cn(Cc2ccc(-c3ccccc3)cc2)c2cnccc2c1=O. The highest BCUT2D eigenvalue weighted by Gasteiger charge is 2.14. The maximum Gasteiger partial charge on any atom is 0.341 e. The van der Waals surface area contributed by atoms with E-state index >= 15 is 0 Å². The van der Waals surface area contributed by atoms with Crippen LogP contribution in [0.3, 0.4) is 0 Å². The Morgan fingerprint density at radius 1 is 0.963 bits per heavy atom. The van der Waals surface area contributed by atoms with Crippen molar-refractivity contribution in [1.82, 2.24) is 9.55 Å². The fourth-order valence-corrected chi connectivity index (χ4v) is 3.15. The second-order valence-corrected chi connectivity index (χ2v) is 6.26. The number of rotatable bonds is 4. The molecule has 0 spiro atoms. The third-order valence-electron chi connectivity index (χ3n) is 4.53. The summed E-state index contributed by atoms with van der Waals surface area (Å²) in [5, 5.41) is 9.70. The predicted octanol–water partition coefficient (Wildman–Crippen LogP) is 3.81. The monoisotopic (exact) mass is 356 g/mol. The molecule has 27 heavy (non-hydrogen) atoms. The highest BCUT2D eigenvalue weighted by molar-refractivity contribution is 5.92. The summed E-state index contributed by atoms with van der Waals surface area (Å²) in [6, 6.07) is 19.7. The molecule has 0 saturated carbocycles. The highest BCUT2D eigenvalue weighted by Crippen LogP contribution is 2.20. The number of carboxylic acids is 1. The zero-order chi connectivity index (χ0) is 18.8.